The maximum Gasteiger partial charge on any atom is 0.00222 e. The first-order valence-electron chi connectivity index (χ1n) is 1.63. The minimum absolute atomic E-state index is 0. The first-order chi connectivity index (χ1) is 2.27. The van der Waals surface area contributed by atoms with E-state index in [0.29, 0.717) is 0 Å². The Labute approximate surface area is 33.0 Å². The molecule has 1 unspecified atom stereocenters. The molecule has 2 heteroatoms. The van der Waals surface area contributed by atoms with Crippen molar-refractivity contribution in [1.82, 2.24) is 0 Å². The third-order valence-electron chi connectivity index (χ3n) is 0.167. The van der Waals surface area contributed by atoms with Gasteiger partial charge in [0.2, 0.25) is 0 Å². The van der Waals surface area contributed by atoms with E-state index in [-0.39, 0.29) is 5.73 Å². The molecule has 0 aromatic rings. The van der Waals surface area contributed by atoms with Gasteiger partial charge in [-0.1, -0.05) is 0 Å². The van der Waals surface area contributed by atoms with Crippen molar-refractivity contribution >= 4 is 11.8 Å². The molecular weight excluding hydrogens is 335 g/mol. The molecule has 0 saturated heterocycles. The summed E-state index contributed by atoms with van der Waals surface area (Å²) in [5.74, 6) is 0. The molecule has 0 radical (unpaired) electrons. The second-order valence-electron chi connectivity index (χ2n) is 0.402. The molecule has 1 atom stereocenters. The van der Waals surface area contributed by atoms with Crippen molar-refractivity contribution in [2.45, 2.75) is 0 Å². The molecule has 0 amide bonds. The van der Waals surface area contributed by atoms with Crippen molar-refractivity contribution in [2.75, 3.05) is 12.0 Å². The molecule has 0 aromatic carbocycles. The molecule has 0 fully saturated rings. The average Bonchev–Trinajstić information content (AvgIpc) is 1.38. The second-order valence-corrected chi connectivity index (χ2v) is 1.21. The molecule has 0 bridgehead atoms. The Balaban J connectivity index is 0. The van der Waals surface area contributed by atoms with E-state index in [0.717, 1.165) is 0 Å². The van der Waals surface area contributed by atoms with Gasteiger partial charge in [-0.3, -0.25) is 0 Å². The summed E-state index contributed by atoms with van der Waals surface area (Å²) in [7, 11) is 0. The molecule has 0 aliphatic rings. The van der Waals surface area contributed by atoms with Crippen molar-refractivity contribution < 1.29 is 1.37 Å². The zero-order valence-corrected chi connectivity index (χ0v) is 10.6. The minimum atomic E-state index is -0.199. The van der Waals surface area contributed by atoms with Gasteiger partial charge in [0.15, 0.2) is 0 Å². The molecule has 5 heavy (non-hydrogen) atoms. The standard InChI is InChI=1S/C3H7S.Rf/c1-3-4-2;/h1,3H2,2H3;/q-1;/i3D;. The normalized spacial score (nSPS) is 15.2. The molecule has 0 spiro atoms. The van der Waals surface area contributed by atoms with E-state index in [9.17, 15) is 0 Å². The summed E-state index contributed by atoms with van der Waals surface area (Å²) in [4.78, 5) is 0. The first-order valence-corrected chi connectivity index (χ1v) is 2.34. The molecule has 0 saturated carbocycles. The molecule has 28 valence electrons. The summed E-state index contributed by atoms with van der Waals surface area (Å²) in [6, 6.07) is 0. The van der Waals surface area contributed by atoms with Crippen LogP contribution >= 0.6 is 11.8 Å². The van der Waals surface area contributed by atoms with Crippen molar-refractivity contribution in [3.05, 3.63) is 6.92 Å². The van der Waals surface area contributed by atoms with Crippen molar-refractivity contribution in [1.29, 1.82) is 0 Å². The van der Waals surface area contributed by atoms with E-state index in [1.807, 2.05) is 6.26 Å². The Bertz CT molecular complexity index is 24.8. The molecule has 0 aliphatic carbocycles. The van der Waals surface area contributed by atoms with Gasteiger partial charge in [-0.15, -0.1) is 5.73 Å². The largest absolute Gasteiger partial charge is 0.334 e. The predicted octanol–water partition coefficient (Wildman–Crippen LogP) is 1.18. The van der Waals surface area contributed by atoms with Crippen LogP contribution in [0, 0.1) is 6.92 Å². The van der Waals surface area contributed by atoms with Crippen LogP contribution in [0.1, 0.15) is 1.37 Å². The maximum absolute atomic E-state index is 6.68. The molecule has 0 aliphatic heterocycles. The Kier molecular flexibility index (Phi) is 8.83. The van der Waals surface area contributed by atoms with Crippen LogP contribution < -0.4 is 0 Å². The molecular formula is C3H7RfS-. The predicted molar refractivity (Wildman–Crippen MR) is 23.7 cm³/mol. The fraction of sp³-hybridized carbons (Fsp3) is 0.667. The molecule has 0 nitrogen and oxygen atoms in total. The number of rotatable bonds is 1. The van der Waals surface area contributed by atoms with E-state index < -0.39 is 0 Å². The molecule has 0 rings (SSSR count). The maximum atomic E-state index is 6.68. The van der Waals surface area contributed by atoms with Gasteiger partial charge in [-0.25, -0.2) is 0 Å². The van der Waals surface area contributed by atoms with Crippen LogP contribution in [-0.2, 0) is 0 Å². The quantitative estimate of drug-likeness (QED) is 0.645. The Morgan fingerprint density at radius 1 is 2.20 bits per heavy atom. The first kappa shape index (κ1) is 4.35. The van der Waals surface area contributed by atoms with Crippen LogP contribution in [0.4, 0.5) is 0 Å². The van der Waals surface area contributed by atoms with Crippen LogP contribution in [0.15, 0.2) is 0 Å². The minimum Gasteiger partial charge on any atom is -0.334 e. The number of thioether (sulfide) groups is 1. The van der Waals surface area contributed by atoms with Gasteiger partial charge in [0.05, 0.1) is 0 Å². The van der Waals surface area contributed by atoms with Gasteiger partial charge >= 0.3 is 0 Å². The third-order valence-corrected chi connectivity index (χ3v) is 0.500. The summed E-state index contributed by atoms with van der Waals surface area (Å²) in [5.41, 5.74) is -0.199. The summed E-state index contributed by atoms with van der Waals surface area (Å²) in [6.07, 6.45) is 1.87. The Morgan fingerprint density at radius 3 is 2.40 bits per heavy atom. The summed E-state index contributed by atoms with van der Waals surface area (Å²) >= 11 is 1.44. The monoisotopic (exact) mass is 343 g/mol. The van der Waals surface area contributed by atoms with E-state index in [1.165, 1.54) is 11.8 Å². The van der Waals surface area contributed by atoms with E-state index in [2.05, 4.69) is 6.92 Å². The fourth-order valence-electron chi connectivity index (χ4n) is 0. The molecule has 0 N–H and O–H groups in total. The van der Waals surface area contributed by atoms with Crippen LogP contribution in [0.3, 0.4) is 0 Å². The van der Waals surface area contributed by atoms with Gasteiger partial charge in [-0.2, -0.15) is 11.8 Å². The van der Waals surface area contributed by atoms with Crippen molar-refractivity contribution in [3.63, 3.8) is 0 Å². The number of hydrogen-bond acceptors (Lipinski definition) is 1. The molecule has 0 heterocycles. The van der Waals surface area contributed by atoms with E-state index in [1.54, 1.807) is 0 Å². The van der Waals surface area contributed by atoms with Gasteiger partial charge in [0, 0.05) is 1.37 Å². The van der Waals surface area contributed by atoms with Crippen LogP contribution in [0.2, 0.25) is 0 Å². The van der Waals surface area contributed by atoms with Gasteiger partial charge in [0.1, 0.15) is 0 Å². The Hall–Kier alpha value is -0.650. The van der Waals surface area contributed by atoms with E-state index in [4.69, 9.17) is 1.37 Å². The van der Waals surface area contributed by atoms with Crippen molar-refractivity contribution in [3.8, 4) is 0 Å². The topological polar surface area (TPSA) is 0 Å². The van der Waals surface area contributed by atoms with Crippen LogP contribution in [0.25, 0.3) is 0 Å². The van der Waals surface area contributed by atoms with Crippen LogP contribution in [-0.4, -0.2) is 12.0 Å². The smallest absolute Gasteiger partial charge is 0.00222 e. The zero-order chi connectivity index (χ0) is 4.28. The summed E-state index contributed by atoms with van der Waals surface area (Å²) < 4.78 is 6.68. The van der Waals surface area contributed by atoms with E-state index >= 15 is 0 Å². The van der Waals surface area contributed by atoms with Crippen LogP contribution in [0.5, 0.6) is 0 Å². The zero-order valence-electron chi connectivity index (χ0n) is 4.40. The number of hydrogen-bond donors (Lipinski definition) is 0. The summed E-state index contributed by atoms with van der Waals surface area (Å²) in [6.45, 7) is 3.39. The van der Waals surface area contributed by atoms with Gasteiger partial charge < -0.3 is 6.92 Å². The Morgan fingerprint density at radius 2 is 2.40 bits per heavy atom. The fourth-order valence-corrected chi connectivity index (χ4v) is 0. The SMILES string of the molecule is [2H]C([CH2-])SC.[Rf]. The third kappa shape index (κ3) is 49.8. The molecule has 0 aromatic heterocycles. The van der Waals surface area contributed by atoms with Crippen molar-refractivity contribution in [2.24, 2.45) is 0 Å². The summed E-state index contributed by atoms with van der Waals surface area (Å²) in [5, 5.41) is 0. The van der Waals surface area contributed by atoms with Gasteiger partial charge in [-0.05, 0) is 6.26 Å². The van der Waals surface area contributed by atoms with Gasteiger partial charge in [0.25, 0.3) is 0 Å². The second kappa shape index (κ2) is 10.2. The average molecular weight is 343 g/mol.